The lowest BCUT2D eigenvalue weighted by Gasteiger charge is -2.27. The van der Waals surface area contributed by atoms with E-state index in [9.17, 15) is 9.59 Å². The van der Waals surface area contributed by atoms with Gasteiger partial charge in [0.25, 0.3) is 0 Å². The average Bonchev–Trinajstić information content (AvgIpc) is 2.98. The van der Waals surface area contributed by atoms with Crippen molar-refractivity contribution in [2.75, 3.05) is 10.6 Å². The van der Waals surface area contributed by atoms with Crippen LogP contribution in [0.5, 0.6) is 23.0 Å². The highest BCUT2D eigenvalue weighted by Gasteiger charge is 2.34. The maximum Gasteiger partial charge on any atom is 0.237 e. The van der Waals surface area contributed by atoms with E-state index in [0.29, 0.717) is 34.6 Å². The Morgan fingerprint density at radius 1 is 0.475 bits per heavy atom. The third kappa shape index (κ3) is 4.14. The minimum Gasteiger partial charge on any atom is -0.457 e. The zero-order valence-corrected chi connectivity index (χ0v) is 21.2. The molecule has 0 bridgehead atoms. The number of anilines is 2. The molecule has 3 heterocycles. The molecule has 0 aliphatic carbocycles. The molecule has 0 fully saturated rings. The molecule has 0 radical (unpaired) electrons. The Labute approximate surface area is 230 Å². The molecule has 0 spiro atoms. The number of para-hydroxylation sites is 4. The summed E-state index contributed by atoms with van der Waals surface area (Å²) >= 11 is 0. The topological polar surface area (TPSA) is 89.6 Å². The van der Waals surface area contributed by atoms with E-state index in [4.69, 9.17) is 9.47 Å². The van der Waals surface area contributed by atoms with Gasteiger partial charge in [-0.05, 0) is 36.4 Å². The molecule has 0 saturated heterocycles. The third-order valence-corrected chi connectivity index (χ3v) is 7.14. The molecule has 2 aliphatic rings. The van der Waals surface area contributed by atoms with E-state index in [-0.39, 0.29) is 11.8 Å². The second-order valence-electron chi connectivity index (χ2n) is 9.61. The van der Waals surface area contributed by atoms with E-state index in [2.05, 4.69) is 15.6 Å². The van der Waals surface area contributed by atoms with Gasteiger partial charge in [-0.15, -0.1) is 0 Å². The first-order valence-electron chi connectivity index (χ1n) is 13.0. The number of pyridine rings is 1. The summed E-state index contributed by atoms with van der Waals surface area (Å²) in [6.45, 7) is 0. The molecule has 2 amide bonds. The van der Waals surface area contributed by atoms with Crippen LogP contribution in [-0.2, 0) is 9.59 Å². The zero-order chi connectivity index (χ0) is 27.1. The molecular weight excluding hydrogens is 502 g/mol. The first-order valence-corrected chi connectivity index (χ1v) is 13.0. The van der Waals surface area contributed by atoms with Gasteiger partial charge in [-0.1, -0.05) is 78.9 Å². The zero-order valence-electron chi connectivity index (χ0n) is 21.2. The number of hydrogen-bond acceptors (Lipinski definition) is 5. The molecule has 2 N–H and O–H groups in total. The van der Waals surface area contributed by atoms with Crippen LogP contribution in [0.1, 0.15) is 34.1 Å². The predicted molar refractivity (Wildman–Crippen MR) is 151 cm³/mol. The van der Waals surface area contributed by atoms with Crippen LogP contribution in [-0.4, -0.2) is 16.8 Å². The minimum absolute atomic E-state index is 0.244. The molecule has 2 aliphatic heterocycles. The summed E-state index contributed by atoms with van der Waals surface area (Å²) in [7, 11) is 0. The van der Waals surface area contributed by atoms with Gasteiger partial charge in [0.1, 0.15) is 34.6 Å². The van der Waals surface area contributed by atoms with Gasteiger partial charge >= 0.3 is 0 Å². The first kappa shape index (κ1) is 23.7. The van der Waals surface area contributed by atoms with Crippen LogP contribution in [0.2, 0.25) is 0 Å². The maximum atomic E-state index is 13.6. The van der Waals surface area contributed by atoms with Crippen molar-refractivity contribution in [1.82, 2.24) is 4.98 Å². The molecule has 0 atom stereocenters. The van der Waals surface area contributed by atoms with E-state index in [1.807, 2.05) is 97.1 Å². The number of fused-ring (bicyclic) bond motifs is 4. The van der Waals surface area contributed by atoms with Crippen molar-refractivity contribution in [1.29, 1.82) is 0 Å². The number of benzene rings is 4. The summed E-state index contributed by atoms with van der Waals surface area (Å²) in [6, 6.07) is 35.2. The highest BCUT2D eigenvalue weighted by Crippen LogP contribution is 2.45. The molecule has 0 saturated carbocycles. The lowest BCUT2D eigenvalue weighted by atomic mass is 9.87. The van der Waals surface area contributed by atoms with Crippen molar-refractivity contribution in [3.05, 3.63) is 138 Å². The minimum atomic E-state index is -0.573. The smallest absolute Gasteiger partial charge is 0.237 e. The quantitative estimate of drug-likeness (QED) is 0.268. The molecular formula is C33H23N3O4. The van der Waals surface area contributed by atoms with Gasteiger partial charge in [-0.2, -0.15) is 0 Å². The first-order chi connectivity index (χ1) is 19.7. The van der Waals surface area contributed by atoms with Gasteiger partial charge in [0.15, 0.2) is 0 Å². The van der Waals surface area contributed by atoms with Crippen LogP contribution in [0, 0.1) is 0 Å². The number of nitrogens with one attached hydrogen (secondary N) is 2. The normalized spacial score (nSPS) is 13.4. The number of nitrogens with zero attached hydrogens (tertiary/aromatic N) is 1. The summed E-state index contributed by atoms with van der Waals surface area (Å²) in [5.74, 6) is 1.61. The highest BCUT2D eigenvalue weighted by molar-refractivity contribution is 6.01. The van der Waals surface area contributed by atoms with Gasteiger partial charge in [-0.3, -0.25) is 9.59 Å². The molecule has 1 aromatic heterocycles. The van der Waals surface area contributed by atoms with E-state index in [1.165, 1.54) is 0 Å². The van der Waals surface area contributed by atoms with Crippen molar-refractivity contribution in [2.45, 2.75) is 11.8 Å². The maximum absolute atomic E-state index is 13.6. The van der Waals surface area contributed by atoms with Crippen molar-refractivity contribution in [3.63, 3.8) is 0 Å². The Morgan fingerprint density at radius 3 is 1.15 bits per heavy atom. The van der Waals surface area contributed by atoms with E-state index < -0.39 is 11.8 Å². The molecule has 4 aromatic carbocycles. The van der Waals surface area contributed by atoms with Gasteiger partial charge in [-0.25, -0.2) is 4.98 Å². The number of rotatable bonds is 4. The summed E-state index contributed by atoms with van der Waals surface area (Å²) in [5, 5.41) is 5.88. The number of ether oxygens (including phenoxy) is 2. The van der Waals surface area contributed by atoms with Crippen LogP contribution in [0.25, 0.3) is 0 Å². The number of amides is 2. The summed E-state index contributed by atoms with van der Waals surface area (Å²) in [5.41, 5.74) is 3.11. The number of carbonyl (C=O) groups excluding carboxylic acids is 2. The molecule has 194 valence electrons. The Balaban J connectivity index is 1.15. The third-order valence-electron chi connectivity index (χ3n) is 7.14. The molecule has 40 heavy (non-hydrogen) atoms. The van der Waals surface area contributed by atoms with E-state index in [0.717, 1.165) is 22.3 Å². The Kier molecular flexibility index (Phi) is 5.74. The SMILES string of the molecule is O=C(Nc1cccc(NC(=O)C2c3ccccc3Oc3ccccc32)n1)C1c2ccccc2Oc2ccccc21. The van der Waals surface area contributed by atoms with Gasteiger partial charge in [0.2, 0.25) is 11.8 Å². The Morgan fingerprint density at radius 2 is 0.800 bits per heavy atom. The van der Waals surface area contributed by atoms with Gasteiger partial charge in [0.05, 0.1) is 11.8 Å². The molecule has 0 unspecified atom stereocenters. The molecule has 7 rings (SSSR count). The Bertz CT molecular complexity index is 1570. The van der Waals surface area contributed by atoms with Crippen LogP contribution >= 0.6 is 0 Å². The van der Waals surface area contributed by atoms with Crippen molar-refractivity contribution < 1.29 is 19.1 Å². The molecule has 7 nitrogen and oxygen atoms in total. The van der Waals surface area contributed by atoms with Crippen LogP contribution in [0.4, 0.5) is 11.6 Å². The lowest BCUT2D eigenvalue weighted by molar-refractivity contribution is -0.117. The summed E-state index contributed by atoms with van der Waals surface area (Å²) in [6.07, 6.45) is 0. The summed E-state index contributed by atoms with van der Waals surface area (Å²) in [4.78, 5) is 31.8. The van der Waals surface area contributed by atoms with Crippen LogP contribution in [0.3, 0.4) is 0 Å². The summed E-state index contributed by atoms with van der Waals surface area (Å²) < 4.78 is 12.1. The molecule has 7 heteroatoms. The standard InChI is InChI=1S/C33H23N3O4/c37-32(30-20-10-1-5-14-24(20)39-25-15-6-2-11-21(25)30)35-28-18-9-19-29(34-28)36-33(38)31-22-12-3-7-16-26(22)40-27-17-8-4-13-23(27)31/h1-19,30-31H,(H2,34,35,36,37,38). The van der Waals surface area contributed by atoms with Gasteiger partial charge < -0.3 is 20.1 Å². The van der Waals surface area contributed by atoms with E-state index >= 15 is 0 Å². The average molecular weight is 526 g/mol. The van der Waals surface area contributed by atoms with E-state index in [1.54, 1.807) is 18.2 Å². The van der Waals surface area contributed by atoms with Crippen LogP contribution < -0.4 is 20.1 Å². The second kappa shape index (κ2) is 9.71. The van der Waals surface area contributed by atoms with Gasteiger partial charge in [0, 0.05) is 22.3 Å². The highest BCUT2D eigenvalue weighted by atomic mass is 16.5. The molecule has 5 aromatic rings. The fourth-order valence-corrected chi connectivity index (χ4v) is 5.36. The largest absolute Gasteiger partial charge is 0.457 e. The fraction of sp³-hybridized carbons (Fsp3) is 0.0606. The number of hydrogen-bond donors (Lipinski definition) is 2. The second-order valence-corrected chi connectivity index (χ2v) is 9.61. The van der Waals surface area contributed by atoms with Crippen LogP contribution in [0.15, 0.2) is 115 Å². The fourth-order valence-electron chi connectivity index (χ4n) is 5.36. The lowest BCUT2D eigenvalue weighted by Crippen LogP contribution is -2.26. The van der Waals surface area contributed by atoms with Crippen molar-refractivity contribution in [2.24, 2.45) is 0 Å². The monoisotopic (exact) mass is 525 g/mol. The van der Waals surface area contributed by atoms with Crippen molar-refractivity contribution in [3.8, 4) is 23.0 Å². The predicted octanol–water partition coefficient (Wildman–Crippen LogP) is 6.83. The Hall–Kier alpha value is -5.43. The number of aromatic nitrogens is 1. The van der Waals surface area contributed by atoms with Crippen molar-refractivity contribution >= 4 is 23.5 Å². The number of carbonyl (C=O) groups is 2.